The molecule has 0 bridgehead atoms. The summed E-state index contributed by atoms with van der Waals surface area (Å²) < 4.78 is 5.79. The molecule has 30 heavy (non-hydrogen) atoms. The minimum absolute atomic E-state index is 0.241. The predicted molar refractivity (Wildman–Crippen MR) is 116 cm³/mol. The molecule has 6 nitrogen and oxygen atoms in total. The second-order valence-corrected chi connectivity index (χ2v) is 6.50. The molecule has 0 aliphatic rings. The van der Waals surface area contributed by atoms with E-state index in [0.29, 0.717) is 12.2 Å². The van der Waals surface area contributed by atoms with Crippen LogP contribution in [-0.4, -0.2) is 15.9 Å². The number of anilines is 2. The van der Waals surface area contributed by atoms with Gasteiger partial charge in [0.1, 0.15) is 17.2 Å². The lowest BCUT2D eigenvalue weighted by molar-refractivity contribution is 0.0945. The van der Waals surface area contributed by atoms with Gasteiger partial charge in [-0.05, 0) is 60.7 Å². The topological polar surface area (TPSA) is 76.1 Å². The van der Waals surface area contributed by atoms with Crippen molar-refractivity contribution < 1.29 is 9.53 Å². The molecule has 0 fully saturated rings. The van der Waals surface area contributed by atoms with Crippen LogP contribution >= 0.6 is 0 Å². The van der Waals surface area contributed by atoms with Crippen LogP contribution in [0.3, 0.4) is 0 Å². The second kappa shape index (κ2) is 9.34. The highest BCUT2D eigenvalue weighted by molar-refractivity contribution is 5.92. The number of nitrogens with one attached hydrogen (secondary N) is 2. The molecule has 0 radical (unpaired) electrons. The summed E-state index contributed by atoms with van der Waals surface area (Å²) in [4.78, 5) is 20.7. The third-order valence-corrected chi connectivity index (χ3v) is 4.27. The van der Waals surface area contributed by atoms with Crippen LogP contribution in [0.25, 0.3) is 0 Å². The number of aromatic nitrogens is 2. The first-order chi connectivity index (χ1) is 14.8. The second-order valence-electron chi connectivity index (χ2n) is 6.50. The first-order valence-electron chi connectivity index (χ1n) is 9.50. The van der Waals surface area contributed by atoms with Crippen LogP contribution < -0.4 is 15.4 Å². The number of ether oxygens (including phenoxy) is 1. The van der Waals surface area contributed by atoms with Crippen LogP contribution in [-0.2, 0) is 6.54 Å². The highest BCUT2D eigenvalue weighted by Crippen LogP contribution is 2.24. The SMILES string of the molecule is O=C(NCc1ccccn1)c1ccc(Nc2ccc(Oc3ccccc3)cc2)cn1. The van der Waals surface area contributed by atoms with Gasteiger partial charge in [0, 0.05) is 11.9 Å². The number of hydrogen-bond acceptors (Lipinski definition) is 5. The van der Waals surface area contributed by atoms with Crippen LogP contribution in [0.1, 0.15) is 16.2 Å². The number of carbonyl (C=O) groups is 1. The lowest BCUT2D eigenvalue weighted by Gasteiger charge is -2.09. The van der Waals surface area contributed by atoms with Crippen LogP contribution in [0.15, 0.2) is 97.3 Å². The Morgan fingerprint density at radius 2 is 1.50 bits per heavy atom. The Morgan fingerprint density at radius 3 is 2.20 bits per heavy atom. The molecule has 4 rings (SSSR count). The van der Waals surface area contributed by atoms with Gasteiger partial charge in [-0.2, -0.15) is 0 Å². The van der Waals surface area contributed by atoms with Crippen molar-refractivity contribution in [3.63, 3.8) is 0 Å². The Hall–Kier alpha value is -4.19. The molecule has 2 heterocycles. The maximum Gasteiger partial charge on any atom is 0.270 e. The molecule has 0 unspecified atom stereocenters. The summed E-state index contributed by atoms with van der Waals surface area (Å²) in [5.41, 5.74) is 2.82. The molecule has 0 atom stereocenters. The smallest absolute Gasteiger partial charge is 0.270 e. The van der Waals surface area contributed by atoms with E-state index in [9.17, 15) is 4.79 Å². The van der Waals surface area contributed by atoms with Crippen LogP contribution in [0, 0.1) is 0 Å². The molecule has 2 N–H and O–H groups in total. The van der Waals surface area contributed by atoms with E-state index in [0.717, 1.165) is 28.6 Å². The first-order valence-corrected chi connectivity index (χ1v) is 9.50. The molecule has 148 valence electrons. The highest BCUT2D eigenvalue weighted by Gasteiger charge is 2.07. The van der Waals surface area contributed by atoms with Crippen molar-refractivity contribution in [3.8, 4) is 11.5 Å². The third-order valence-electron chi connectivity index (χ3n) is 4.27. The van der Waals surface area contributed by atoms with Gasteiger partial charge in [0.2, 0.25) is 0 Å². The zero-order valence-electron chi connectivity index (χ0n) is 16.2. The Balaban J connectivity index is 1.32. The van der Waals surface area contributed by atoms with Crippen molar-refractivity contribution in [3.05, 3.63) is 109 Å². The first kappa shape index (κ1) is 19.1. The summed E-state index contributed by atoms with van der Waals surface area (Å²) in [5.74, 6) is 1.30. The van der Waals surface area contributed by atoms with Crippen molar-refractivity contribution in [1.29, 1.82) is 0 Å². The zero-order valence-corrected chi connectivity index (χ0v) is 16.2. The number of carbonyl (C=O) groups excluding carboxylic acids is 1. The average molecular weight is 396 g/mol. The Kier molecular flexibility index (Phi) is 5.96. The highest BCUT2D eigenvalue weighted by atomic mass is 16.5. The van der Waals surface area contributed by atoms with E-state index in [4.69, 9.17) is 4.74 Å². The molecule has 0 saturated carbocycles. The van der Waals surface area contributed by atoms with Gasteiger partial charge in [0.05, 0.1) is 24.1 Å². The molecule has 0 saturated heterocycles. The number of para-hydroxylation sites is 1. The fourth-order valence-corrected chi connectivity index (χ4v) is 2.76. The summed E-state index contributed by atoms with van der Waals surface area (Å²) in [6.45, 7) is 0.360. The lowest BCUT2D eigenvalue weighted by atomic mass is 10.2. The van der Waals surface area contributed by atoms with Crippen molar-refractivity contribution in [1.82, 2.24) is 15.3 Å². The van der Waals surface area contributed by atoms with Crippen molar-refractivity contribution in [2.24, 2.45) is 0 Å². The maximum absolute atomic E-state index is 12.2. The number of amides is 1. The van der Waals surface area contributed by atoms with E-state index in [1.807, 2.05) is 78.9 Å². The Morgan fingerprint density at radius 1 is 0.767 bits per heavy atom. The van der Waals surface area contributed by atoms with Crippen molar-refractivity contribution in [2.75, 3.05) is 5.32 Å². The standard InChI is InChI=1S/C24H20N4O2/c29-24(27-16-19-6-4-5-15-25-19)23-14-11-20(17-26-23)28-18-9-12-22(13-10-18)30-21-7-2-1-3-8-21/h1-15,17,28H,16H2,(H,27,29). The van der Waals surface area contributed by atoms with E-state index in [-0.39, 0.29) is 5.91 Å². The van der Waals surface area contributed by atoms with Crippen molar-refractivity contribution >= 4 is 17.3 Å². The van der Waals surface area contributed by atoms with Gasteiger partial charge in [-0.3, -0.25) is 9.78 Å². The molecule has 1 amide bonds. The van der Waals surface area contributed by atoms with Crippen LogP contribution in [0.4, 0.5) is 11.4 Å². The quantitative estimate of drug-likeness (QED) is 0.463. The predicted octanol–water partition coefficient (Wildman–Crippen LogP) is 4.94. The average Bonchev–Trinajstić information content (AvgIpc) is 2.81. The molecule has 2 aromatic carbocycles. The Labute approximate surface area is 174 Å². The minimum Gasteiger partial charge on any atom is -0.457 e. The summed E-state index contributed by atoms with van der Waals surface area (Å²) in [6, 6.07) is 26.3. The number of hydrogen-bond donors (Lipinski definition) is 2. The van der Waals surface area contributed by atoms with Gasteiger partial charge in [-0.15, -0.1) is 0 Å². The molecule has 2 aromatic heterocycles. The van der Waals surface area contributed by atoms with Crippen molar-refractivity contribution in [2.45, 2.75) is 6.54 Å². The lowest BCUT2D eigenvalue weighted by Crippen LogP contribution is -2.24. The van der Waals surface area contributed by atoms with E-state index in [1.54, 1.807) is 18.5 Å². The maximum atomic E-state index is 12.2. The number of benzene rings is 2. The normalized spacial score (nSPS) is 10.3. The van der Waals surface area contributed by atoms with E-state index in [1.165, 1.54) is 0 Å². The monoisotopic (exact) mass is 396 g/mol. The molecule has 0 aliphatic carbocycles. The van der Waals surface area contributed by atoms with Gasteiger partial charge in [-0.1, -0.05) is 24.3 Å². The summed E-state index contributed by atoms with van der Waals surface area (Å²) in [7, 11) is 0. The summed E-state index contributed by atoms with van der Waals surface area (Å²) in [6.07, 6.45) is 3.32. The van der Waals surface area contributed by atoms with Gasteiger partial charge in [0.25, 0.3) is 5.91 Å². The van der Waals surface area contributed by atoms with Gasteiger partial charge in [0.15, 0.2) is 0 Å². The van der Waals surface area contributed by atoms with Gasteiger partial charge < -0.3 is 15.4 Å². The number of rotatable bonds is 7. The number of nitrogens with zero attached hydrogens (tertiary/aromatic N) is 2. The minimum atomic E-state index is -0.241. The molecule has 4 aromatic rings. The largest absolute Gasteiger partial charge is 0.457 e. The van der Waals surface area contributed by atoms with Gasteiger partial charge >= 0.3 is 0 Å². The fourth-order valence-electron chi connectivity index (χ4n) is 2.76. The third kappa shape index (κ3) is 5.20. The summed E-state index contributed by atoms with van der Waals surface area (Å²) in [5, 5.41) is 6.07. The van der Waals surface area contributed by atoms with E-state index in [2.05, 4.69) is 20.6 Å². The molecule has 6 heteroatoms. The van der Waals surface area contributed by atoms with Crippen LogP contribution in [0.5, 0.6) is 11.5 Å². The number of pyridine rings is 2. The molecular weight excluding hydrogens is 376 g/mol. The molecular formula is C24H20N4O2. The summed E-state index contributed by atoms with van der Waals surface area (Å²) >= 11 is 0. The van der Waals surface area contributed by atoms with E-state index < -0.39 is 0 Å². The zero-order chi connectivity index (χ0) is 20.6. The molecule has 0 spiro atoms. The fraction of sp³-hybridized carbons (Fsp3) is 0.0417. The molecule has 0 aliphatic heterocycles. The van der Waals surface area contributed by atoms with Gasteiger partial charge in [-0.25, -0.2) is 4.98 Å². The Bertz CT molecular complexity index is 1080. The van der Waals surface area contributed by atoms with Crippen LogP contribution in [0.2, 0.25) is 0 Å². The van der Waals surface area contributed by atoms with E-state index >= 15 is 0 Å².